The van der Waals surface area contributed by atoms with Gasteiger partial charge in [0.25, 0.3) is 0 Å². The van der Waals surface area contributed by atoms with Crippen LogP contribution in [0.2, 0.25) is 0 Å². The molecule has 0 aliphatic heterocycles. The van der Waals surface area contributed by atoms with Gasteiger partial charge in [-0.3, -0.25) is 0 Å². The largest absolute Gasteiger partial charge is 0.242 e. The molecule has 1 rings (SSSR count). The second kappa shape index (κ2) is 2.52. The van der Waals surface area contributed by atoms with E-state index in [-0.39, 0.29) is 11.7 Å². The summed E-state index contributed by atoms with van der Waals surface area (Å²) in [6.07, 6.45) is 1.62. The van der Waals surface area contributed by atoms with E-state index in [9.17, 15) is 8.78 Å². The highest BCUT2D eigenvalue weighted by atomic mass is 19.1. The van der Waals surface area contributed by atoms with Gasteiger partial charge in [-0.2, -0.15) is 0 Å². The molecule has 0 N–H and O–H groups in total. The summed E-state index contributed by atoms with van der Waals surface area (Å²) in [5, 5.41) is 0. The van der Waals surface area contributed by atoms with E-state index in [1.807, 2.05) is 0 Å². The number of rotatable bonds is 0. The van der Waals surface area contributed by atoms with Crippen molar-refractivity contribution in [1.29, 1.82) is 0 Å². The molecule has 0 saturated heterocycles. The van der Waals surface area contributed by atoms with Crippen molar-refractivity contribution in [3.05, 3.63) is 23.6 Å². The van der Waals surface area contributed by atoms with E-state index in [4.69, 9.17) is 0 Å². The summed E-state index contributed by atoms with van der Waals surface area (Å²) in [5.41, 5.74) is 0.408. The van der Waals surface area contributed by atoms with E-state index in [2.05, 4.69) is 0 Å². The minimum Gasteiger partial charge on any atom is -0.242 e. The number of alkyl halides is 1. The average molecular weight is 144 g/mol. The molecule has 2 atom stereocenters. The summed E-state index contributed by atoms with van der Waals surface area (Å²) in [5.74, 6) is -0.606. The Bertz CT molecular complexity index is 169. The van der Waals surface area contributed by atoms with Crippen LogP contribution in [0.3, 0.4) is 0 Å². The van der Waals surface area contributed by atoms with E-state index < -0.39 is 6.17 Å². The van der Waals surface area contributed by atoms with Gasteiger partial charge in [0.15, 0.2) is 0 Å². The quantitative estimate of drug-likeness (QED) is 0.490. The smallest absolute Gasteiger partial charge is 0.125 e. The summed E-state index contributed by atoms with van der Waals surface area (Å²) in [6.45, 7) is 3.23. The highest BCUT2D eigenvalue weighted by molar-refractivity contribution is 5.29. The third kappa shape index (κ3) is 1.25. The molecule has 10 heavy (non-hydrogen) atoms. The fourth-order valence-electron chi connectivity index (χ4n) is 0.924. The topological polar surface area (TPSA) is 0 Å². The lowest BCUT2D eigenvalue weighted by Gasteiger charge is -2.15. The Morgan fingerprint density at radius 3 is 2.50 bits per heavy atom. The minimum absolute atomic E-state index is 0.290. The molecule has 2 heteroatoms. The van der Waals surface area contributed by atoms with Crippen molar-refractivity contribution >= 4 is 0 Å². The van der Waals surface area contributed by atoms with Crippen molar-refractivity contribution in [1.82, 2.24) is 0 Å². The Hall–Kier alpha value is -0.660. The lowest BCUT2D eigenvalue weighted by molar-refractivity contribution is 0.326. The van der Waals surface area contributed by atoms with Crippen molar-refractivity contribution in [2.45, 2.75) is 20.0 Å². The zero-order valence-electron chi connectivity index (χ0n) is 6.07. The van der Waals surface area contributed by atoms with Gasteiger partial charge in [-0.1, -0.05) is 6.92 Å². The zero-order valence-corrected chi connectivity index (χ0v) is 6.07. The maximum Gasteiger partial charge on any atom is 0.125 e. The Balaban J connectivity index is 2.83. The highest BCUT2D eigenvalue weighted by Gasteiger charge is 2.18. The molecule has 0 saturated carbocycles. The first kappa shape index (κ1) is 7.45. The number of hydrogen-bond acceptors (Lipinski definition) is 0. The maximum atomic E-state index is 12.7. The van der Waals surface area contributed by atoms with E-state index in [0.29, 0.717) is 5.57 Å². The SMILES string of the molecule is CC1=CC(F)C(C)C=C1F. The Kier molecular flexibility index (Phi) is 1.88. The Labute approximate surface area is 59.2 Å². The highest BCUT2D eigenvalue weighted by Crippen LogP contribution is 2.25. The van der Waals surface area contributed by atoms with Crippen LogP contribution in [0.4, 0.5) is 8.78 Å². The monoisotopic (exact) mass is 144 g/mol. The number of allylic oxidation sites excluding steroid dienone is 4. The predicted octanol–water partition coefficient (Wildman–Crippen LogP) is 2.77. The summed E-state index contributed by atoms with van der Waals surface area (Å²) in [6, 6.07) is 0. The molecule has 0 radical (unpaired) electrons. The molecule has 0 aromatic heterocycles. The molecule has 1 aliphatic rings. The Morgan fingerprint density at radius 2 is 2.00 bits per heavy atom. The van der Waals surface area contributed by atoms with Crippen molar-refractivity contribution in [2.75, 3.05) is 0 Å². The third-order valence-electron chi connectivity index (χ3n) is 1.70. The second-order valence-electron chi connectivity index (χ2n) is 2.67. The van der Waals surface area contributed by atoms with Crippen LogP contribution in [0.1, 0.15) is 13.8 Å². The molecule has 0 amide bonds. The van der Waals surface area contributed by atoms with E-state index in [1.54, 1.807) is 13.8 Å². The fraction of sp³-hybridized carbons (Fsp3) is 0.500. The Morgan fingerprint density at radius 1 is 1.40 bits per heavy atom. The molecule has 0 aromatic rings. The molecule has 56 valence electrons. The first-order valence-corrected chi connectivity index (χ1v) is 3.31. The number of halogens is 2. The lowest BCUT2D eigenvalue weighted by Crippen LogP contribution is -2.12. The van der Waals surface area contributed by atoms with Gasteiger partial charge < -0.3 is 0 Å². The van der Waals surface area contributed by atoms with Gasteiger partial charge in [-0.05, 0) is 24.6 Å². The van der Waals surface area contributed by atoms with Crippen LogP contribution in [-0.2, 0) is 0 Å². The summed E-state index contributed by atoms with van der Waals surface area (Å²) in [4.78, 5) is 0. The third-order valence-corrected chi connectivity index (χ3v) is 1.70. The van der Waals surface area contributed by atoms with Gasteiger partial charge in [0.1, 0.15) is 12.0 Å². The second-order valence-corrected chi connectivity index (χ2v) is 2.67. The van der Waals surface area contributed by atoms with Crippen LogP contribution in [0, 0.1) is 5.92 Å². The van der Waals surface area contributed by atoms with Gasteiger partial charge in [-0.15, -0.1) is 0 Å². The molecule has 0 heterocycles. The molecule has 0 nitrogen and oxygen atoms in total. The van der Waals surface area contributed by atoms with Crippen molar-refractivity contribution in [3.8, 4) is 0 Å². The average Bonchev–Trinajstić information content (AvgIpc) is 1.84. The van der Waals surface area contributed by atoms with Crippen LogP contribution in [0.25, 0.3) is 0 Å². The van der Waals surface area contributed by atoms with Gasteiger partial charge in [0.2, 0.25) is 0 Å². The first-order chi connectivity index (χ1) is 4.61. The predicted molar refractivity (Wildman–Crippen MR) is 37.0 cm³/mol. The minimum atomic E-state index is -1.01. The standard InChI is InChI=1S/C8H10F2/c1-5-3-8(10)6(2)4-7(5)9/h3-5,7H,1-2H3. The fourth-order valence-corrected chi connectivity index (χ4v) is 0.924. The molecular formula is C8H10F2. The normalized spacial score (nSPS) is 33.2. The van der Waals surface area contributed by atoms with Crippen LogP contribution < -0.4 is 0 Å². The molecule has 1 aliphatic carbocycles. The van der Waals surface area contributed by atoms with Crippen LogP contribution in [0.5, 0.6) is 0 Å². The summed E-state index contributed by atoms with van der Waals surface area (Å²) < 4.78 is 25.3. The van der Waals surface area contributed by atoms with Gasteiger partial charge in [-0.25, -0.2) is 8.78 Å². The molecular weight excluding hydrogens is 134 g/mol. The van der Waals surface area contributed by atoms with Crippen LogP contribution >= 0.6 is 0 Å². The van der Waals surface area contributed by atoms with E-state index in [0.717, 1.165) is 0 Å². The molecule has 0 aromatic carbocycles. The van der Waals surface area contributed by atoms with Gasteiger partial charge >= 0.3 is 0 Å². The van der Waals surface area contributed by atoms with E-state index >= 15 is 0 Å². The number of hydrogen-bond donors (Lipinski definition) is 0. The molecule has 0 bridgehead atoms. The van der Waals surface area contributed by atoms with Gasteiger partial charge in [0, 0.05) is 5.92 Å². The lowest BCUT2D eigenvalue weighted by atomic mass is 9.97. The van der Waals surface area contributed by atoms with E-state index in [1.165, 1.54) is 12.2 Å². The molecule has 0 fully saturated rings. The summed E-state index contributed by atoms with van der Waals surface area (Å²) >= 11 is 0. The van der Waals surface area contributed by atoms with Crippen LogP contribution in [0.15, 0.2) is 23.6 Å². The maximum absolute atomic E-state index is 12.7. The molecule has 0 spiro atoms. The van der Waals surface area contributed by atoms with Gasteiger partial charge in [0.05, 0.1) is 0 Å². The van der Waals surface area contributed by atoms with Crippen molar-refractivity contribution < 1.29 is 8.78 Å². The van der Waals surface area contributed by atoms with Crippen LogP contribution in [-0.4, -0.2) is 6.17 Å². The molecule has 2 unspecified atom stereocenters. The van der Waals surface area contributed by atoms with Crippen molar-refractivity contribution in [2.24, 2.45) is 5.92 Å². The zero-order chi connectivity index (χ0) is 7.72. The summed E-state index contributed by atoms with van der Waals surface area (Å²) in [7, 11) is 0. The first-order valence-electron chi connectivity index (χ1n) is 3.31. The van der Waals surface area contributed by atoms with Crippen molar-refractivity contribution in [3.63, 3.8) is 0 Å².